The fourth-order valence-electron chi connectivity index (χ4n) is 3.03. The Kier molecular flexibility index (Phi) is 6.18. The molecule has 0 unspecified atom stereocenters. The molecule has 1 aliphatic heterocycles. The van der Waals surface area contributed by atoms with Crippen LogP contribution < -0.4 is 5.32 Å². The normalized spacial score (nSPS) is 19.4. The summed E-state index contributed by atoms with van der Waals surface area (Å²) >= 11 is 0. The summed E-state index contributed by atoms with van der Waals surface area (Å²) in [6, 6.07) is 6.52. The van der Waals surface area contributed by atoms with Gasteiger partial charge in [0.25, 0.3) is 5.91 Å². The molecule has 0 saturated carbocycles. The molecule has 1 saturated heterocycles. The minimum absolute atomic E-state index is 0.194. The van der Waals surface area contributed by atoms with Crippen LogP contribution in [-0.4, -0.2) is 36.5 Å². The van der Waals surface area contributed by atoms with Crippen LogP contribution in [0.3, 0.4) is 0 Å². The first-order valence-electron chi connectivity index (χ1n) is 7.98. The number of carbonyl (C=O) groups is 1. The van der Waals surface area contributed by atoms with Gasteiger partial charge in [0, 0.05) is 24.7 Å². The topological polar surface area (TPSA) is 32.3 Å². The largest absolute Gasteiger partial charge is 0.352 e. The van der Waals surface area contributed by atoms with Gasteiger partial charge in [0.2, 0.25) is 0 Å². The molecule has 0 aliphatic carbocycles. The second-order valence-electron chi connectivity index (χ2n) is 5.71. The predicted octanol–water partition coefficient (Wildman–Crippen LogP) is 3.21. The number of likely N-dealkylation sites (tertiary alicyclic amines) is 1. The van der Waals surface area contributed by atoms with Gasteiger partial charge in [-0.25, -0.2) is 4.39 Å². The highest BCUT2D eigenvalue weighted by Crippen LogP contribution is 2.19. The summed E-state index contributed by atoms with van der Waals surface area (Å²) in [7, 11) is 0. The van der Waals surface area contributed by atoms with E-state index in [1.807, 2.05) is 0 Å². The van der Waals surface area contributed by atoms with Gasteiger partial charge in [-0.3, -0.25) is 4.79 Å². The zero-order valence-corrected chi connectivity index (χ0v) is 12.8. The third-order valence-electron chi connectivity index (χ3n) is 4.21. The third-order valence-corrected chi connectivity index (χ3v) is 4.21. The lowest BCUT2D eigenvalue weighted by Gasteiger charge is -2.35. The first-order chi connectivity index (χ1) is 10.2. The SMILES string of the molecule is CC[C@H]1CCCCN1CCCNC(=O)c1cccc(F)c1. The van der Waals surface area contributed by atoms with Gasteiger partial charge in [0.1, 0.15) is 5.82 Å². The number of hydrogen-bond donors (Lipinski definition) is 1. The number of rotatable bonds is 6. The van der Waals surface area contributed by atoms with Crippen molar-refractivity contribution in [2.24, 2.45) is 0 Å². The second kappa shape index (κ2) is 8.13. The van der Waals surface area contributed by atoms with Gasteiger partial charge in [-0.2, -0.15) is 0 Å². The van der Waals surface area contributed by atoms with E-state index in [1.54, 1.807) is 12.1 Å². The van der Waals surface area contributed by atoms with Crippen LogP contribution in [0.2, 0.25) is 0 Å². The fraction of sp³-hybridized carbons (Fsp3) is 0.588. The minimum atomic E-state index is -0.373. The van der Waals surface area contributed by atoms with Crippen molar-refractivity contribution in [1.29, 1.82) is 0 Å². The molecule has 0 radical (unpaired) electrons. The highest BCUT2D eigenvalue weighted by molar-refractivity contribution is 5.94. The maximum Gasteiger partial charge on any atom is 0.251 e. The zero-order chi connectivity index (χ0) is 15.1. The van der Waals surface area contributed by atoms with Crippen LogP contribution >= 0.6 is 0 Å². The lowest BCUT2D eigenvalue weighted by molar-refractivity contribution is 0.0947. The maximum atomic E-state index is 13.1. The number of nitrogens with one attached hydrogen (secondary N) is 1. The zero-order valence-electron chi connectivity index (χ0n) is 12.8. The number of hydrogen-bond acceptors (Lipinski definition) is 2. The molecule has 0 aromatic heterocycles. The molecule has 21 heavy (non-hydrogen) atoms. The molecule has 1 atom stereocenters. The molecule has 0 spiro atoms. The van der Waals surface area contributed by atoms with Crippen molar-refractivity contribution in [3.05, 3.63) is 35.6 Å². The summed E-state index contributed by atoms with van der Waals surface area (Å²) in [5.74, 6) is -0.568. The standard InChI is InChI=1S/C17H25FN2O/c1-2-16-9-3-4-11-20(16)12-6-10-19-17(21)14-7-5-8-15(18)13-14/h5,7-8,13,16H,2-4,6,9-12H2,1H3,(H,19,21)/t16-/m0/s1. The van der Waals surface area contributed by atoms with Gasteiger partial charge < -0.3 is 10.2 Å². The molecule has 1 aromatic rings. The Labute approximate surface area is 126 Å². The average molecular weight is 292 g/mol. The molecule has 1 aliphatic rings. The molecular weight excluding hydrogens is 267 g/mol. The monoisotopic (exact) mass is 292 g/mol. The van der Waals surface area contributed by atoms with E-state index in [0.29, 0.717) is 18.2 Å². The highest BCUT2D eigenvalue weighted by Gasteiger charge is 2.19. The van der Waals surface area contributed by atoms with Crippen LogP contribution in [0.15, 0.2) is 24.3 Å². The van der Waals surface area contributed by atoms with E-state index in [-0.39, 0.29) is 11.7 Å². The summed E-state index contributed by atoms with van der Waals surface area (Å²) in [6.07, 6.45) is 6.07. The second-order valence-corrected chi connectivity index (χ2v) is 5.71. The Hall–Kier alpha value is -1.42. The molecule has 1 N–H and O–H groups in total. The summed E-state index contributed by atoms with van der Waals surface area (Å²) in [6.45, 7) is 5.09. The minimum Gasteiger partial charge on any atom is -0.352 e. The van der Waals surface area contributed by atoms with Crippen LogP contribution in [0.25, 0.3) is 0 Å². The van der Waals surface area contributed by atoms with Gasteiger partial charge in [-0.15, -0.1) is 0 Å². The van der Waals surface area contributed by atoms with E-state index in [0.717, 1.165) is 13.0 Å². The number of carbonyl (C=O) groups excluding carboxylic acids is 1. The van der Waals surface area contributed by atoms with Crippen LogP contribution in [-0.2, 0) is 0 Å². The number of amides is 1. The quantitative estimate of drug-likeness (QED) is 0.817. The van der Waals surface area contributed by atoms with Crippen molar-refractivity contribution in [2.75, 3.05) is 19.6 Å². The van der Waals surface area contributed by atoms with E-state index in [9.17, 15) is 9.18 Å². The van der Waals surface area contributed by atoms with Gasteiger partial charge in [0.05, 0.1) is 0 Å². The van der Waals surface area contributed by atoms with Crippen molar-refractivity contribution in [1.82, 2.24) is 10.2 Å². The first-order valence-corrected chi connectivity index (χ1v) is 7.98. The molecule has 3 nitrogen and oxygen atoms in total. The molecule has 1 heterocycles. The predicted molar refractivity (Wildman–Crippen MR) is 82.9 cm³/mol. The molecule has 1 fully saturated rings. The molecule has 1 amide bonds. The van der Waals surface area contributed by atoms with Crippen LogP contribution in [0.5, 0.6) is 0 Å². The van der Waals surface area contributed by atoms with Crippen LogP contribution in [0.4, 0.5) is 4.39 Å². The lowest BCUT2D eigenvalue weighted by atomic mass is 10.00. The van der Waals surface area contributed by atoms with E-state index in [4.69, 9.17) is 0 Å². The van der Waals surface area contributed by atoms with Gasteiger partial charge in [0.15, 0.2) is 0 Å². The molecule has 4 heteroatoms. The van der Waals surface area contributed by atoms with Gasteiger partial charge >= 0.3 is 0 Å². The number of halogens is 1. The van der Waals surface area contributed by atoms with Crippen LogP contribution in [0.1, 0.15) is 49.4 Å². The Morgan fingerprint density at radius 1 is 1.43 bits per heavy atom. The molecule has 116 valence electrons. The maximum absolute atomic E-state index is 13.1. The molecule has 1 aromatic carbocycles. The van der Waals surface area contributed by atoms with E-state index < -0.39 is 0 Å². The van der Waals surface area contributed by atoms with Crippen molar-refractivity contribution in [2.45, 2.75) is 45.1 Å². The van der Waals surface area contributed by atoms with Crippen molar-refractivity contribution in [3.63, 3.8) is 0 Å². The van der Waals surface area contributed by atoms with Gasteiger partial charge in [-0.05, 0) is 50.4 Å². The molecule has 2 rings (SSSR count). The Morgan fingerprint density at radius 2 is 2.29 bits per heavy atom. The molecular formula is C17H25FN2O. The van der Waals surface area contributed by atoms with Crippen molar-refractivity contribution >= 4 is 5.91 Å². The lowest BCUT2D eigenvalue weighted by Crippen LogP contribution is -2.40. The van der Waals surface area contributed by atoms with Gasteiger partial charge in [-0.1, -0.05) is 19.4 Å². The summed E-state index contributed by atoms with van der Waals surface area (Å²) in [5.41, 5.74) is 0.388. The Morgan fingerprint density at radius 3 is 3.05 bits per heavy atom. The van der Waals surface area contributed by atoms with Crippen molar-refractivity contribution in [3.8, 4) is 0 Å². The van der Waals surface area contributed by atoms with E-state index in [2.05, 4.69) is 17.1 Å². The number of nitrogens with zero attached hydrogens (tertiary/aromatic N) is 1. The van der Waals surface area contributed by atoms with Crippen LogP contribution in [0, 0.1) is 5.82 Å². The van der Waals surface area contributed by atoms with E-state index >= 15 is 0 Å². The van der Waals surface area contributed by atoms with Crippen molar-refractivity contribution < 1.29 is 9.18 Å². The summed E-state index contributed by atoms with van der Waals surface area (Å²) < 4.78 is 13.1. The highest BCUT2D eigenvalue weighted by atomic mass is 19.1. The Bertz CT molecular complexity index is 464. The third kappa shape index (κ3) is 4.81. The first kappa shape index (κ1) is 16.0. The summed E-state index contributed by atoms with van der Waals surface area (Å²) in [5, 5.41) is 2.87. The number of piperidine rings is 1. The Balaban J connectivity index is 1.70. The smallest absolute Gasteiger partial charge is 0.251 e. The average Bonchev–Trinajstić information content (AvgIpc) is 2.51. The molecule has 0 bridgehead atoms. The van der Waals surface area contributed by atoms with E-state index in [1.165, 1.54) is 44.4 Å². The summed E-state index contributed by atoms with van der Waals surface area (Å²) in [4.78, 5) is 14.4. The number of benzene rings is 1. The fourth-order valence-corrected chi connectivity index (χ4v) is 3.03.